The van der Waals surface area contributed by atoms with Crippen molar-refractivity contribution in [1.29, 1.82) is 0 Å². The fraction of sp³-hybridized carbons (Fsp3) is 0.421. The zero-order valence-electron chi connectivity index (χ0n) is 13.9. The molecule has 1 atom stereocenters. The molecule has 25 heavy (non-hydrogen) atoms. The van der Waals surface area contributed by atoms with Crippen molar-refractivity contribution < 1.29 is 14.2 Å². The van der Waals surface area contributed by atoms with Gasteiger partial charge < -0.3 is 14.2 Å². The highest BCUT2D eigenvalue weighted by molar-refractivity contribution is 6.35. The number of hydrogen-bond acceptors (Lipinski definition) is 4. The second-order valence-corrected chi connectivity index (χ2v) is 6.81. The Bertz CT molecular complexity index is 690. The third-order valence-corrected chi connectivity index (χ3v) is 4.51. The van der Waals surface area contributed by atoms with Gasteiger partial charge in [0.1, 0.15) is 5.75 Å². The number of hydrogen-bond donors (Lipinski definition) is 0. The smallest absolute Gasteiger partial charge is 0.213 e. The maximum Gasteiger partial charge on any atom is 0.213 e. The van der Waals surface area contributed by atoms with Crippen LogP contribution in [0.5, 0.6) is 11.6 Å². The lowest BCUT2D eigenvalue weighted by Crippen LogP contribution is -2.09. The van der Waals surface area contributed by atoms with Crippen molar-refractivity contribution in [2.75, 3.05) is 19.8 Å². The number of ether oxygens (including phenoxy) is 3. The molecule has 0 saturated carbocycles. The Morgan fingerprint density at radius 1 is 1.12 bits per heavy atom. The molecule has 1 fully saturated rings. The van der Waals surface area contributed by atoms with Gasteiger partial charge in [-0.15, -0.1) is 0 Å². The van der Waals surface area contributed by atoms with E-state index in [1.54, 1.807) is 24.4 Å². The van der Waals surface area contributed by atoms with Gasteiger partial charge in [-0.3, -0.25) is 0 Å². The summed E-state index contributed by atoms with van der Waals surface area (Å²) in [6.45, 7) is 1.91. The van der Waals surface area contributed by atoms with E-state index in [0.29, 0.717) is 41.0 Å². The number of rotatable bonds is 8. The summed E-state index contributed by atoms with van der Waals surface area (Å²) in [6, 6.07) is 9.18. The summed E-state index contributed by atoms with van der Waals surface area (Å²) in [4.78, 5) is 4.25. The lowest BCUT2D eigenvalue weighted by Gasteiger charge is -2.11. The summed E-state index contributed by atoms with van der Waals surface area (Å²) >= 11 is 11.9. The Labute approximate surface area is 158 Å². The molecule has 0 amide bonds. The van der Waals surface area contributed by atoms with Gasteiger partial charge in [-0.2, -0.15) is 0 Å². The molecule has 0 radical (unpaired) electrons. The van der Waals surface area contributed by atoms with Crippen molar-refractivity contribution in [2.24, 2.45) is 0 Å². The first-order valence-electron chi connectivity index (χ1n) is 8.48. The summed E-state index contributed by atoms with van der Waals surface area (Å²) in [7, 11) is 0. The standard InChI is InChI=1S/C19H21Cl2NO3/c20-15-4-5-18(17(21)13-15)24-9-2-10-25-19-12-14(6-7-22-19)11-16-3-1-8-23-16/h4-7,12-13,16H,1-3,8-11H2. The van der Waals surface area contributed by atoms with Crippen LogP contribution in [0.25, 0.3) is 0 Å². The third-order valence-electron chi connectivity index (χ3n) is 3.98. The first-order valence-corrected chi connectivity index (χ1v) is 9.23. The highest BCUT2D eigenvalue weighted by atomic mass is 35.5. The molecule has 2 aromatic rings. The van der Waals surface area contributed by atoms with Crippen molar-refractivity contribution in [3.8, 4) is 11.6 Å². The van der Waals surface area contributed by atoms with Crippen LogP contribution >= 0.6 is 23.2 Å². The number of aromatic nitrogens is 1. The molecular formula is C19H21Cl2NO3. The Morgan fingerprint density at radius 2 is 2.00 bits per heavy atom. The zero-order chi connectivity index (χ0) is 17.5. The monoisotopic (exact) mass is 381 g/mol. The van der Waals surface area contributed by atoms with Gasteiger partial charge in [0.05, 0.1) is 24.3 Å². The molecule has 3 rings (SSSR count). The van der Waals surface area contributed by atoms with E-state index in [0.717, 1.165) is 32.3 Å². The van der Waals surface area contributed by atoms with Crippen molar-refractivity contribution >= 4 is 23.2 Å². The highest BCUT2D eigenvalue weighted by Gasteiger charge is 2.16. The van der Waals surface area contributed by atoms with E-state index >= 15 is 0 Å². The lowest BCUT2D eigenvalue weighted by molar-refractivity contribution is 0.111. The van der Waals surface area contributed by atoms with Gasteiger partial charge in [0, 0.05) is 30.3 Å². The largest absolute Gasteiger partial charge is 0.492 e. The SMILES string of the molecule is Clc1ccc(OCCCOc2cc(CC3CCCO3)ccn2)c(Cl)c1. The van der Waals surface area contributed by atoms with E-state index < -0.39 is 0 Å². The predicted molar refractivity (Wildman–Crippen MR) is 99.0 cm³/mol. The van der Waals surface area contributed by atoms with Crippen molar-refractivity contribution in [3.05, 3.63) is 52.1 Å². The molecule has 1 saturated heterocycles. The molecule has 1 aliphatic heterocycles. The van der Waals surface area contributed by atoms with Gasteiger partial charge in [0.15, 0.2) is 0 Å². The van der Waals surface area contributed by atoms with Gasteiger partial charge in [0.25, 0.3) is 0 Å². The molecule has 0 spiro atoms. The van der Waals surface area contributed by atoms with Crippen molar-refractivity contribution in [2.45, 2.75) is 31.8 Å². The minimum atomic E-state index is 0.327. The second-order valence-electron chi connectivity index (χ2n) is 5.97. The lowest BCUT2D eigenvalue weighted by atomic mass is 10.1. The maximum absolute atomic E-state index is 6.06. The molecule has 1 unspecified atom stereocenters. The molecule has 0 aliphatic carbocycles. The molecule has 1 aromatic heterocycles. The van der Waals surface area contributed by atoms with E-state index in [4.69, 9.17) is 37.4 Å². The van der Waals surface area contributed by atoms with Gasteiger partial charge in [-0.25, -0.2) is 4.98 Å². The predicted octanol–water partition coefficient (Wildman–Crippen LogP) is 4.96. The fourth-order valence-electron chi connectivity index (χ4n) is 2.73. The number of nitrogens with zero attached hydrogens (tertiary/aromatic N) is 1. The van der Waals surface area contributed by atoms with Gasteiger partial charge in [0.2, 0.25) is 5.88 Å². The Morgan fingerprint density at radius 3 is 2.80 bits per heavy atom. The van der Waals surface area contributed by atoms with Crippen molar-refractivity contribution in [1.82, 2.24) is 4.98 Å². The van der Waals surface area contributed by atoms with Crippen LogP contribution in [0.1, 0.15) is 24.8 Å². The zero-order valence-corrected chi connectivity index (χ0v) is 15.4. The molecule has 0 bridgehead atoms. The summed E-state index contributed by atoms with van der Waals surface area (Å²) in [5, 5.41) is 1.10. The third kappa shape index (κ3) is 5.77. The van der Waals surface area contributed by atoms with E-state index in [-0.39, 0.29) is 0 Å². The second kappa shape index (κ2) is 9.27. The van der Waals surface area contributed by atoms with Crippen molar-refractivity contribution in [3.63, 3.8) is 0 Å². The first-order chi connectivity index (χ1) is 12.2. The molecule has 2 heterocycles. The van der Waals surface area contributed by atoms with Gasteiger partial charge in [-0.1, -0.05) is 23.2 Å². The number of benzene rings is 1. The highest BCUT2D eigenvalue weighted by Crippen LogP contribution is 2.27. The van der Waals surface area contributed by atoms with Gasteiger partial charge in [-0.05, 0) is 49.1 Å². The van der Waals surface area contributed by atoms with Crippen LogP contribution in [0.2, 0.25) is 10.0 Å². The summed E-state index contributed by atoms with van der Waals surface area (Å²) < 4.78 is 17.0. The normalized spacial score (nSPS) is 16.8. The summed E-state index contributed by atoms with van der Waals surface area (Å²) in [6.07, 6.45) is 6.03. The average molecular weight is 382 g/mol. The molecule has 4 nitrogen and oxygen atoms in total. The Kier molecular flexibility index (Phi) is 6.79. The van der Waals surface area contributed by atoms with E-state index in [1.807, 2.05) is 12.1 Å². The number of pyridine rings is 1. The van der Waals surface area contributed by atoms with Crippen LogP contribution < -0.4 is 9.47 Å². The minimum absolute atomic E-state index is 0.327. The van der Waals surface area contributed by atoms with Crippen LogP contribution in [0.4, 0.5) is 0 Å². The minimum Gasteiger partial charge on any atom is -0.492 e. The van der Waals surface area contributed by atoms with Crippen LogP contribution in [-0.4, -0.2) is 30.9 Å². The average Bonchev–Trinajstić information content (AvgIpc) is 3.10. The summed E-state index contributed by atoms with van der Waals surface area (Å²) in [5.41, 5.74) is 1.20. The summed E-state index contributed by atoms with van der Waals surface area (Å²) in [5.74, 6) is 1.27. The topological polar surface area (TPSA) is 40.6 Å². The molecule has 1 aromatic carbocycles. The van der Waals surface area contributed by atoms with E-state index in [9.17, 15) is 0 Å². The quantitative estimate of drug-likeness (QED) is 0.606. The molecule has 1 aliphatic rings. The van der Waals surface area contributed by atoms with Crippen LogP contribution in [0.3, 0.4) is 0 Å². The first kappa shape index (κ1) is 18.3. The van der Waals surface area contributed by atoms with Crippen LogP contribution in [0.15, 0.2) is 36.5 Å². The fourth-order valence-corrected chi connectivity index (χ4v) is 3.20. The molecule has 6 heteroatoms. The van der Waals surface area contributed by atoms with Crippen LogP contribution in [0, 0.1) is 0 Å². The maximum atomic E-state index is 6.06. The van der Waals surface area contributed by atoms with Crippen LogP contribution in [-0.2, 0) is 11.2 Å². The molecule has 0 N–H and O–H groups in total. The van der Waals surface area contributed by atoms with E-state index in [2.05, 4.69) is 4.98 Å². The Balaban J connectivity index is 1.39. The Hall–Kier alpha value is -1.49. The molecule has 134 valence electrons. The molecular weight excluding hydrogens is 361 g/mol. The van der Waals surface area contributed by atoms with E-state index in [1.165, 1.54) is 5.56 Å². The number of halogens is 2. The van der Waals surface area contributed by atoms with Gasteiger partial charge >= 0.3 is 0 Å².